The van der Waals surface area contributed by atoms with E-state index in [4.69, 9.17) is 28.9 Å². The second-order valence-corrected chi connectivity index (χ2v) is 5.12. The molecule has 100 valence electrons. The summed E-state index contributed by atoms with van der Waals surface area (Å²) in [5.74, 6) is -0.253. The van der Waals surface area contributed by atoms with Gasteiger partial charge in [0.2, 0.25) is 0 Å². The summed E-state index contributed by atoms with van der Waals surface area (Å²) in [6.07, 6.45) is 1.85. The van der Waals surface area contributed by atoms with Gasteiger partial charge in [-0.25, -0.2) is 15.0 Å². The lowest BCUT2D eigenvalue weighted by Gasteiger charge is -2.04. The van der Waals surface area contributed by atoms with E-state index in [2.05, 4.69) is 20.3 Å². The van der Waals surface area contributed by atoms with Crippen LogP contribution in [-0.2, 0) is 6.42 Å². The van der Waals surface area contributed by atoms with E-state index in [0.717, 1.165) is 5.01 Å². The Morgan fingerprint density at radius 3 is 2.95 bits per heavy atom. The average Bonchev–Trinajstić information content (AvgIpc) is 2.84. The highest BCUT2D eigenvalue weighted by Crippen LogP contribution is 2.25. The van der Waals surface area contributed by atoms with Crippen molar-refractivity contribution < 1.29 is 4.79 Å². The van der Waals surface area contributed by atoms with E-state index in [-0.39, 0.29) is 16.0 Å². The quantitative estimate of drug-likeness (QED) is 0.841. The first-order valence-electron chi connectivity index (χ1n) is 5.23. The molecule has 0 aliphatic heterocycles. The molecule has 0 aliphatic rings. The molecule has 0 aliphatic carbocycles. The molecule has 2 aromatic rings. The van der Waals surface area contributed by atoms with Gasteiger partial charge < -0.3 is 11.1 Å². The molecule has 0 atom stereocenters. The van der Waals surface area contributed by atoms with Gasteiger partial charge in [-0.1, -0.05) is 23.2 Å². The molecule has 0 aromatic carbocycles. The van der Waals surface area contributed by atoms with Crippen molar-refractivity contribution in [2.75, 3.05) is 11.9 Å². The van der Waals surface area contributed by atoms with Crippen LogP contribution in [0.1, 0.15) is 15.5 Å². The van der Waals surface area contributed by atoms with E-state index in [1.165, 1.54) is 17.7 Å². The Hall–Kier alpha value is -1.28. The molecule has 0 unspecified atom stereocenters. The molecule has 0 saturated heterocycles. The number of thiazole rings is 1. The molecule has 19 heavy (non-hydrogen) atoms. The van der Waals surface area contributed by atoms with Crippen molar-refractivity contribution >= 4 is 46.3 Å². The summed E-state index contributed by atoms with van der Waals surface area (Å²) in [5, 5.41) is 5.15. The fourth-order valence-electron chi connectivity index (χ4n) is 1.26. The zero-order valence-electron chi connectivity index (χ0n) is 9.56. The molecule has 0 spiro atoms. The number of nitrogens with zero attached hydrogens (tertiary/aromatic N) is 3. The highest BCUT2D eigenvalue weighted by molar-refractivity contribution is 7.09. The summed E-state index contributed by atoms with van der Waals surface area (Å²) in [5.41, 5.74) is 5.71. The maximum absolute atomic E-state index is 11.9. The number of anilines is 1. The molecular weight excluding hydrogens is 309 g/mol. The monoisotopic (exact) mass is 317 g/mol. The molecule has 0 saturated carbocycles. The average molecular weight is 318 g/mol. The van der Waals surface area contributed by atoms with Gasteiger partial charge in [-0.3, -0.25) is 4.79 Å². The normalized spacial score (nSPS) is 10.5. The lowest BCUT2D eigenvalue weighted by molar-refractivity contribution is 0.102. The van der Waals surface area contributed by atoms with Crippen LogP contribution in [0.5, 0.6) is 0 Å². The van der Waals surface area contributed by atoms with Crippen molar-refractivity contribution in [2.24, 2.45) is 5.73 Å². The minimum atomic E-state index is -0.406. The van der Waals surface area contributed by atoms with Crippen molar-refractivity contribution in [2.45, 2.75) is 6.42 Å². The zero-order chi connectivity index (χ0) is 13.8. The Balaban J connectivity index is 2.14. The summed E-state index contributed by atoms with van der Waals surface area (Å²) in [6.45, 7) is 0.488. The predicted octanol–water partition coefficient (Wildman–Crippen LogP) is 1.99. The maximum atomic E-state index is 11.9. The van der Waals surface area contributed by atoms with Crippen molar-refractivity contribution in [1.29, 1.82) is 0 Å². The molecule has 2 heterocycles. The number of nitrogens with two attached hydrogens (primary N) is 1. The largest absolute Gasteiger partial charge is 0.330 e. The van der Waals surface area contributed by atoms with Gasteiger partial charge in [-0.05, 0) is 6.54 Å². The van der Waals surface area contributed by atoms with Crippen LogP contribution in [0.25, 0.3) is 0 Å². The summed E-state index contributed by atoms with van der Waals surface area (Å²) in [6, 6.07) is 0. The van der Waals surface area contributed by atoms with E-state index in [1.807, 2.05) is 0 Å². The third-order valence-electron chi connectivity index (χ3n) is 2.12. The van der Waals surface area contributed by atoms with Crippen molar-refractivity contribution in [3.63, 3.8) is 0 Å². The minimum Gasteiger partial charge on any atom is -0.330 e. The molecule has 2 rings (SSSR count). The van der Waals surface area contributed by atoms with Crippen LogP contribution >= 0.6 is 34.5 Å². The van der Waals surface area contributed by atoms with E-state index < -0.39 is 5.91 Å². The number of carbonyl (C=O) groups is 1. The van der Waals surface area contributed by atoms with E-state index in [1.54, 1.807) is 5.38 Å². The summed E-state index contributed by atoms with van der Waals surface area (Å²) in [7, 11) is 0. The second kappa shape index (κ2) is 6.25. The molecule has 6 nitrogen and oxygen atoms in total. The number of aromatic nitrogens is 3. The maximum Gasteiger partial charge on any atom is 0.276 e. The summed E-state index contributed by atoms with van der Waals surface area (Å²) in [4.78, 5) is 23.6. The third kappa shape index (κ3) is 3.38. The fourth-order valence-corrected chi connectivity index (χ4v) is 2.33. The lowest BCUT2D eigenvalue weighted by Crippen LogP contribution is -2.14. The van der Waals surface area contributed by atoms with Crippen LogP contribution in [0, 0.1) is 0 Å². The first-order valence-corrected chi connectivity index (χ1v) is 6.87. The van der Waals surface area contributed by atoms with Crippen LogP contribution in [0.15, 0.2) is 11.7 Å². The van der Waals surface area contributed by atoms with Crippen LogP contribution in [0.2, 0.25) is 10.2 Å². The first kappa shape index (κ1) is 14.1. The Morgan fingerprint density at radius 1 is 1.42 bits per heavy atom. The van der Waals surface area contributed by atoms with Crippen LogP contribution in [-0.4, -0.2) is 27.4 Å². The van der Waals surface area contributed by atoms with Crippen molar-refractivity contribution in [3.05, 3.63) is 32.6 Å². The molecule has 9 heteroatoms. The third-order valence-corrected chi connectivity index (χ3v) is 3.77. The van der Waals surface area contributed by atoms with Crippen LogP contribution in [0.4, 0.5) is 5.82 Å². The van der Waals surface area contributed by atoms with Gasteiger partial charge in [-0.15, -0.1) is 11.3 Å². The summed E-state index contributed by atoms with van der Waals surface area (Å²) < 4.78 is 0. The van der Waals surface area contributed by atoms with Crippen LogP contribution < -0.4 is 11.1 Å². The Labute approximate surface area is 123 Å². The van der Waals surface area contributed by atoms with Gasteiger partial charge >= 0.3 is 0 Å². The van der Waals surface area contributed by atoms with E-state index in [9.17, 15) is 4.79 Å². The highest BCUT2D eigenvalue weighted by atomic mass is 35.5. The number of nitrogens with one attached hydrogen (secondary N) is 1. The SMILES string of the molecule is NCCc1nc(C(=O)Nc2ncnc(Cl)c2Cl)cs1. The van der Waals surface area contributed by atoms with Gasteiger partial charge in [0.15, 0.2) is 11.0 Å². The van der Waals surface area contributed by atoms with Gasteiger partial charge in [0.05, 0.1) is 5.01 Å². The molecule has 1 amide bonds. The smallest absolute Gasteiger partial charge is 0.276 e. The van der Waals surface area contributed by atoms with Gasteiger partial charge in [0, 0.05) is 11.8 Å². The van der Waals surface area contributed by atoms with Gasteiger partial charge in [0.25, 0.3) is 5.91 Å². The molecule has 2 aromatic heterocycles. The molecule has 3 N–H and O–H groups in total. The van der Waals surface area contributed by atoms with Crippen LogP contribution in [0.3, 0.4) is 0 Å². The topological polar surface area (TPSA) is 93.8 Å². The number of rotatable bonds is 4. The number of halogens is 2. The number of amides is 1. The standard InChI is InChI=1S/C10H9Cl2N5OS/c11-7-8(12)14-4-15-9(7)17-10(18)5-3-19-6(16-5)1-2-13/h3-4H,1-2,13H2,(H,14,15,17,18). The lowest BCUT2D eigenvalue weighted by atomic mass is 10.4. The number of carbonyl (C=O) groups excluding carboxylic acids is 1. The Kier molecular flexibility index (Phi) is 4.65. The van der Waals surface area contributed by atoms with E-state index >= 15 is 0 Å². The van der Waals surface area contributed by atoms with E-state index in [0.29, 0.717) is 18.7 Å². The Morgan fingerprint density at radius 2 is 2.21 bits per heavy atom. The van der Waals surface area contributed by atoms with Crippen molar-refractivity contribution in [1.82, 2.24) is 15.0 Å². The molecule has 0 fully saturated rings. The zero-order valence-corrected chi connectivity index (χ0v) is 11.9. The predicted molar refractivity (Wildman–Crippen MR) is 74.9 cm³/mol. The molecule has 0 radical (unpaired) electrons. The molecule has 0 bridgehead atoms. The minimum absolute atomic E-state index is 0.0778. The van der Waals surface area contributed by atoms with Gasteiger partial charge in [0.1, 0.15) is 17.0 Å². The van der Waals surface area contributed by atoms with Gasteiger partial charge in [-0.2, -0.15) is 0 Å². The number of hydrogen-bond donors (Lipinski definition) is 2. The number of hydrogen-bond acceptors (Lipinski definition) is 6. The highest BCUT2D eigenvalue weighted by Gasteiger charge is 2.14. The first-order chi connectivity index (χ1) is 9.11. The van der Waals surface area contributed by atoms with Crippen molar-refractivity contribution in [3.8, 4) is 0 Å². The second-order valence-electron chi connectivity index (χ2n) is 3.45. The summed E-state index contributed by atoms with van der Waals surface area (Å²) >= 11 is 13.0. The Bertz CT molecular complexity index is 603. The fraction of sp³-hybridized carbons (Fsp3) is 0.200. The molecular formula is C10H9Cl2N5OS.